The van der Waals surface area contributed by atoms with Crippen molar-refractivity contribution in [3.8, 4) is 5.69 Å². The fourth-order valence-corrected chi connectivity index (χ4v) is 2.50. The first-order valence-corrected chi connectivity index (χ1v) is 7.90. The molecule has 1 N–H and O–H groups in total. The predicted molar refractivity (Wildman–Crippen MR) is 87.2 cm³/mol. The van der Waals surface area contributed by atoms with Crippen LogP contribution in [0.1, 0.15) is 30.8 Å². The third kappa shape index (κ3) is 3.71. The maximum atomic E-state index is 13.6. The number of hydrogen-bond donors (Lipinski definition) is 1. The van der Waals surface area contributed by atoms with E-state index in [-0.39, 0.29) is 5.82 Å². The largest absolute Gasteiger partial charge is 0.312 e. The third-order valence-electron chi connectivity index (χ3n) is 3.34. The van der Waals surface area contributed by atoms with E-state index < -0.39 is 0 Å². The number of rotatable bonds is 5. The van der Waals surface area contributed by atoms with Crippen LogP contribution in [-0.4, -0.2) is 16.3 Å². The second-order valence-corrected chi connectivity index (χ2v) is 6.49. The molecule has 0 spiro atoms. The highest BCUT2D eigenvalue weighted by atomic mass is 79.9. The van der Waals surface area contributed by atoms with E-state index in [4.69, 9.17) is 0 Å². The topological polar surface area (TPSA) is 29.9 Å². The lowest BCUT2D eigenvalue weighted by atomic mass is 10.1. The van der Waals surface area contributed by atoms with Gasteiger partial charge in [0.05, 0.1) is 21.5 Å². The van der Waals surface area contributed by atoms with Gasteiger partial charge in [0.1, 0.15) is 5.82 Å². The van der Waals surface area contributed by atoms with Crippen LogP contribution in [0.5, 0.6) is 0 Å². The minimum atomic E-state index is -0.222. The van der Waals surface area contributed by atoms with Crippen LogP contribution in [0.3, 0.4) is 0 Å². The molecule has 1 aromatic heterocycles. The first-order valence-electron chi connectivity index (χ1n) is 7.11. The summed E-state index contributed by atoms with van der Waals surface area (Å²) in [5, 5.41) is 7.89. The van der Waals surface area contributed by atoms with Gasteiger partial charge in [-0.25, -0.2) is 9.07 Å². The van der Waals surface area contributed by atoms with Gasteiger partial charge in [0.2, 0.25) is 0 Å². The van der Waals surface area contributed by atoms with E-state index in [1.165, 1.54) is 6.07 Å². The van der Waals surface area contributed by atoms with Gasteiger partial charge in [-0.1, -0.05) is 13.8 Å². The molecule has 0 bridgehead atoms. The summed E-state index contributed by atoms with van der Waals surface area (Å²) in [6, 6.07) is 4.84. The lowest BCUT2D eigenvalue weighted by molar-refractivity contribution is 0.548. The summed E-state index contributed by atoms with van der Waals surface area (Å²) in [4.78, 5) is 0. The third-order valence-corrected chi connectivity index (χ3v) is 4.49. The molecule has 114 valence electrons. The molecule has 3 nitrogen and oxygen atoms in total. The Bertz CT molecular complexity index is 635. The first kappa shape index (κ1) is 16.2. The Balaban J connectivity index is 2.36. The molecule has 0 aliphatic carbocycles. The summed E-state index contributed by atoms with van der Waals surface area (Å²) in [6.07, 6.45) is 0. The SMILES string of the molecule is Cc1nn(-c2ccc(F)cc2CNCC(C)C)c(C)c1Br. The molecule has 0 amide bonds. The zero-order valence-corrected chi connectivity index (χ0v) is 14.5. The van der Waals surface area contributed by atoms with Gasteiger partial charge in [-0.05, 0) is 66.0 Å². The molecular weight excluding hydrogens is 333 g/mol. The van der Waals surface area contributed by atoms with Crippen molar-refractivity contribution in [2.75, 3.05) is 6.54 Å². The fourth-order valence-electron chi connectivity index (χ4n) is 2.26. The van der Waals surface area contributed by atoms with Crippen LogP contribution in [0.15, 0.2) is 22.7 Å². The molecule has 0 fully saturated rings. The van der Waals surface area contributed by atoms with Gasteiger partial charge in [-0.2, -0.15) is 5.10 Å². The molecule has 1 heterocycles. The van der Waals surface area contributed by atoms with Gasteiger partial charge < -0.3 is 5.32 Å². The van der Waals surface area contributed by atoms with E-state index in [0.717, 1.165) is 33.7 Å². The molecule has 0 radical (unpaired) electrons. The number of nitrogens with zero attached hydrogens (tertiary/aromatic N) is 2. The summed E-state index contributed by atoms with van der Waals surface area (Å²) < 4.78 is 16.4. The summed E-state index contributed by atoms with van der Waals surface area (Å²) in [6.45, 7) is 9.78. The lowest BCUT2D eigenvalue weighted by Gasteiger charge is -2.13. The van der Waals surface area contributed by atoms with E-state index in [2.05, 4.69) is 40.2 Å². The molecule has 5 heteroatoms. The van der Waals surface area contributed by atoms with E-state index in [9.17, 15) is 4.39 Å². The summed E-state index contributed by atoms with van der Waals surface area (Å²) in [7, 11) is 0. The van der Waals surface area contributed by atoms with E-state index in [1.807, 2.05) is 18.5 Å². The van der Waals surface area contributed by atoms with E-state index in [1.54, 1.807) is 12.1 Å². The number of hydrogen-bond acceptors (Lipinski definition) is 2. The normalized spacial score (nSPS) is 11.4. The molecule has 2 rings (SSSR count). The zero-order chi connectivity index (χ0) is 15.6. The average Bonchev–Trinajstić information content (AvgIpc) is 2.66. The van der Waals surface area contributed by atoms with Crippen LogP contribution < -0.4 is 5.32 Å². The average molecular weight is 354 g/mol. The second kappa shape index (κ2) is 6.71. The quantitative estimate of drug-likeness (QED) is 0.875. The highest BCUT2D eigenvalue weighted by molar-refractivity contribution is 9.10. The summed E-state index contributed by atoms with van der Waals surface area (Å²) in [5.41, 5.74) is 3.77. The second-order valence-electron chi connectivity index (χ2n) is 5.69. The van der Waals surface area contributed by atoms with Crippen molar-refractivity contribution >= 4 is 15.9 Å². The number of aromatic nitrogens is 2. The Morgan fingerprint density at radius 2 is 2.05 bits per heavy atom. The minimum Gasteiger partial charge on any atom is -0.312 e. The highest BCUT2D eigenvalue weighted by Crippen LogP contribution is 2.25. The van der Waals surface area contributed by atoms with Crippen molar-refractivity contribution in [3.05, 3.63) is 45.4 Å². The van der Waals surface area contributed by atoms with Crippen LogP contribution in [0.25, 0.3) is 5.69 Å². The number of benzene rings is 1. The van der Waals surface area contributed by atoms with Gasteiger partial charge in [-0.15, -0.1) is 0 Å². The van der Waals surface area contributed by atoms with Gasteiger partial charge in [0, 0.05) is 6.54 Å². The maximum Gasteiger partial charge on any atom is 0.123 e. The number of aryl methyl sites for hydroxylation is 1. The lowest BCUT2D eigenvalue weighted by Crippen LogP contribution is -2.20. The van der Waals surface area contributed by atoms with Crippen LogP contribution in [-0.2, 0) is 6.54 Å². The summed E-state index contributed by atoms with van der Waals surface area (Å²) in [5.74, 6) is 0.338. The molecule has 0 saturated carbocycles. The van der Waals surface area contributed by atoms with E-state index in [0.29, 0.717) is 12.5 Å². The molecule has 21 heavy (non-hydrogen) atoms. The Labute approximate surface area is 133 Å². The minimum absolute atomic E-state index is 0.222. The van der Waals surface area contributed by atoms with Crippen molar-refractivity contribution < 1.29 is 4.39 Å². The van der Waals surface area contributed by atoms with E-state index >= 15 is 0 Å². The Kier molecular flexibility index (Phi) is 5.17. The Morgan fingerprint density at radius 3 is 2.62 bits per heavy atom. The molecule has 0 saturated heterocycles. The van der Waals surface area contributed by atoms with Crippen LogP contribution in [0, 0.1) is 25.6 Å². The van der Waals surface area contributed by atoms with Crippen molar-refractivity contribution in [2.45, 2.75) is 34.2 Å². The van der Waals surface area contributed by atoms with Gasteiger partial charge in [0.25, 0.3) is 0 Å². The molecule has 0 aliphatic heterocycles. The van der Waals surface area contributed by atoms with Crippen molar-refractivity contribution in [3.63, 3.8) is 0 Å². The van der Waals surface area contributed by atoms with Crippen LogP contribution >= 0.6 is 15.9 Å². The van der Waals surface area contributed by atoms with Gasteiger partial charge >= 0.3 is 0 Å². The summed E-state index contributed by atoms with van der Waals surface area (Å²) >= 11 is 3.53. The van der Waals surface area contributed by atoms with Crippen molar-refractivity contribution in [1.82, 2.24) is 15.1 Å². The number of halogens is 2. The molecule has 0 atom stereocenters. The molecule has 1 aromatic carbocycles. The van der Waals surface area contributed by atoms with Crippen molar-refractivity contribution in [1.29, 1.82) is 0 Å². The fraction of sp³-hybridized carbons (Fsp3) is 0.438. The van der Waals surface area contributed by atoms with Gasteiger partial charge in [-0.3, -0.25) is 0 Å². The van der Waals surface area contributed by atoms with Crippen LogP contribution in [0.4, 0.5) is 4.39 Å². The van der Waals surface area contributed by atoms with Crippen LogP contribution in [0.2, 0.25) is 0 Å². The predicted octanol–water partition coefficient (Wildman–Crippen LogP) is 4.14. The van der Waals surface area contributed by atoms with Crippen molar-refractivity contribution in [2.24, 2.45) is 5.92 Å². The maximum absolute atomic E-state index is 13.6. The molecule has 0 unspecified atom stereocenters. The van der Waals surface area contributed by atoms with Gasteiger partial charge in [0.15, 0.2) is 0 Å². The standard InChI is InChI=1S/C16H21BrFN3/c1-10(2)8-19-9-13-7-14(18)5-6-15(13)21-12(4)16(17)11(3)20-21/h5-7,10,19H,8-9H2,1-4H3. The zero-order valence-electron chi connectivity index (χ0n) is 12.9. The first-order chi connectivity index (χ1) is 9.90. The number of nitrogens with one attached hydrogen (secondary N) is 1. The monoisotopic (exact) mass is 353 g/mol. The molecular formula is C16H21BrFN3. The Morgan fingerprint density at radius 1 is 1.33 bits per heavy atom. The highest BCUT2D eigenvalue weighted by Gasteiger charge is 2.14. The Hall–Kier alpha value is -1.20. The smallest absolute Gasteiger partial charge is 0.123 e. The molecule has 2 aromatic rings. The molecule has 0 aliphatic rings.